The first kappa shape index (κ1) is 15.4. The first-order chi connectivity index (χ1) is 11.1. The van der Waals surface area contributed by atoms with Gasteiger partial charge in [0.05, 0.1) is 23.6 Å². The Kier molecular flexibility index (Phi) is 4.26. The molecule has 0 aliphatic rings. The SMILES string of the molecule is CCOC(=O)Cc1ccc2ccc3ncc(Cl)cc3c(=O)c2c1. The molecule has 4 nitrogen and oxygen atoms in total. The molecule has 116 valence electrons. The average molecular weight is 328 g/mol. The number of fused-ring (bicyclic) bond motifs is 2. The standard InChI is InChI=1S/C18H14ClNO3/c1-2-23-17(21)8-11-3-4-12-5-6-16-15(9-13(19)10-20-16)18(22)14(12)7-11/h3-7,9-10H,2,8H2,1H3. The summed E-state index contributed by atoms with van der Waals surface area (Å²) in [5, 5.41) is 2.19. The van der Waals surface area contributed by atoms with Crippen molar-refractivity contribution in [2.24, 2.45) is 0 Å². The van der Waals surface area contributed by atoms with Gasteiger partial charge in [-0.2, -0.15) is 0 Å². The lowest BCUT2D eigenvalue weighted by Crippen LogP contribution is -2.08. The minimum atomic E-state index is -0.311. The zero-order valence-corrected chi connectivity index (χ0v) is 13.3. The number of aromatic nitrogens is 1. The van der Waals surface area contributed by atoms with Gasteiger partial charge in [-0.15, -0.1) is 0 Å². The highest BCUT2D eigenvalue weighted by Crippen LogP contribution is 2.18. The first-order valence-electron chi connectivity index (χ1n) is 7.25. The topological polar surface area (TPSA) is 56.3 Å². The summed E-state index contributed by atoms with van der Waals surface area (Å²) < 4.78 is 4.95. The minimum absolute atomic E-state index is 0.138. The second-order valence-corrected chi connectivity index (χ2v) is 5.59. The lowest BCUT2D eigenvalue weighted by molar-refractivity contribution is -0.142. The first-order valence-corrected chi connectivity index (χ1v) is 7.63. The van der Waals surface area contributed by atoms with Crippen LogP contribution in [-0.4, -0.2) is 17.6 Å². The Morgan fingerprint density at radius 1 is 1.17 bits per heavy atom. The van der Waals surface area contributed by atoms with E-state index in [1.165, 1.54) is 6.20 Å². The maximum absolute atomic E-state index is 12.8. The van der Waals surface area contributed by atoms with Crippen LogP contribution >= 0.6 is 11.6 Å². The molecule has 23 heavy (non-hydrogen) atoms. The number of hydrogen-bond donors (Lipinski definition) is 0. The van der Waals surface area contributed by atoms with Gasteiger partial charge in [0.2, 0.25) is 0 Å². The molecule has 1 heterocycles. The van der Waals surface area contributed by atoms with E-state index in [1.54, 1.807) is 25.1 Å². The van der Waals surface area contributed by atoms with E-state index in [-0.39, 0.29) is 17.8 Å². The Morgan fingerprint density at radius 2 is 1.96 bits per heavy atom. The van der Waals surface area contributed by atoms with Crippen molar-refractivity contribution in [1.82, 2.24) is 4.98 Å². The highest BCUT2D eigenvalue weighted by Gasteiger charge is 2.08. The predicted octanol–water partition coefficient (Wildman–Crippen LogP) is 3.51. The van der Waals surface area contributed by atoms with E-state index in [4.69, 9.17) is 16.3 Å². The number of halogens is 1. The summed E-state index contributed by atoms with van der Waals surface area (Å²) in [4.78, 5) is 28.6. The van der Waals surface area contributed by atoms with E-state index >= 15 is 0 Å². The van der Waals surface area contributed by atoms with Crippen molar-refractivity contribution in [3.05, 3.63) is 63.4 Å². The lowest BCUT2D eigenvalue weighted by atomic mass is 10.1. The second kappa shape index (κ2) is 6.34. The third kappa shape index (κ3) is 3.17. The van der Waals surface area contributed by atoms with Crippen molar-refractivity contribution < 1.29 is 9.53 Å². The van der Waals surface area contributed by atoms with Crippen LogP contribution in [0.3, 0.4) is 0 Å². The summed E-state index contributed by atoms with van der Waals surface area (Å²) in [6.45, 7) is 2.10. The van der Waals surface area contributed by atoms with Crippen LogP contribution < -0.4 is 5.43 Å². The van der Waals surface area contributed by atoms with Crippen molar-refractivity contribution in [3.63, 3.8) is 0 Å². The molecule has 0 aliphatic heterocycles. The molecule has 1 aromatic heterocycles. The van der Waals surface area contributed by atoms with E-state index in [0.29, 0.717) is 27.9 Å². The van der Waals surface area contributed by atoms with Crippen LogP contribution in [0.15, 0.2) is 47.4 Å². The number of ether oxygens (including phenoxy) is 1. The molecule has 3 rings (SSSR count). The number of hydrogen-bond acceptors (Lipinski definition) is 4. The van der Waals surface area contributed by atoms with Crippen LogP contribution in [0.25, 0.3) is 21.7 Å². The van der Waals surface area contributed by atoms with Gasteiger partial charge in [0, 0.05) is 17.0 Å². The second-order valence-electron chi connectivity index (χ2n) is 5.15. The monoisotopic (exact) mass is 327 g/mol. The molecule has 5 heteroatoms. The fraction of sp³-hybridized carbons (Fsp3) is 0.167. The molecule has 0 saturated heterocycles. The summed E-state index contributed by atoms with van der Waals surface area (Å²) in [7, 11) is 0. The van der Waals surface area contributed by atoms with Crippen LogP contribution in [0.2, 0.25) is 5.02 Å². The number of rotatable bonds is 3. The highest BCUT2D eigenvalue weighted by atomic mass is 35.5. The number of benzene rings is 1. The third-order valence-corrected chi connectivity index (χ3v) is 3.77. The van der Waals surface area contributed by atoms with Crippen molar-refractivity contribution in [1.29, 1.82) is 0 Å². The van der Waals surface area contributed by atoms with Crippen molar-refractivity contribution >= 4 is 39.2 Å². The molecule has 0 radical (unpaired) electrons. The molecule has 0 spiro atoms. The normalized spacial score (nSPS) is 10.9. The van der Waals surface area contributed by atoms with Gasteiger partial charge in [-0.1, -0.05) is 29.8 Å². The molecule has 0 atom stereocenters. The van der Waals surface area contributed by atoms with Crippen molar-refractivity contribution in [2.45, 2.75) is 13.3 Å². The number of carbonyl (C=O) groups excluding carboxylic acids is 1. The average Bonchev–Trinajstić information content (AvgIpc) is 2.66. The molecule has 0 saturated carbocycles. The lowest BCUT2D eigenvalue weighted by Gasteiger charge is -2.02. The number of nitrogens with zero attached hydrogens (tertiary/aromatic N) is 1. The Balaban J connectivity index is 2.21. The van der Waals surface area contributed by atoms with Crippen molar-refractivity contribution in [2.75, 3.05) is 6.61 Å². The van der Waals surface area contributed by atoms with Gasteiger partial charge in [-0.3, -0.25) is 14.6 Å². The molecule has 2 aromatic carbocycles. The van der Waals surface area contributed by atoms with Crippen LogP contribution in [-0.2, 0) is 16.0 Å². The van der Waals surface area contributed by atoms with Crippen LogP contribution in [0.4, 0.5) is 0 Å². The molecule has 0 N–H and O–H groups in total. The number of carbonyl (C=O) groups is 1. The predicted molar refractivity (Wildman–Crippen MR) is 90.9 cm³/mol. The third-order valence-electron chi connectivity index (χ3n) is 3.57. The Bertz CT molecular complexity index is 969. The van der Waals surface area contributed by atoms with Gasteiger partial charge in [0.25, 0.3) is 0 Å². The van der Waals surface area contributed by atoms with Gasteiger partial charge >= 0.3 is 5.97 Å². The van der Waals surface area contributed by atoms with Gasteiger partial charge in [0.1, 0.15) is 0 Å². The Morgan fingerprint density at radius 3 is 2.74 bits per heavy atom. The largest absolute Gasteiger partial charge is 0.466 e. The van der Waals surface area contributed by atoms with Gasteiger partial charge in [-0.25, -0.2) is 0 Å². The summed E-state index contributed by atoms with van der Waals surface area (Å²) in [6, 6.07) is 10.6. The minimum Gasteiger partial charge on any atom is -0.466 e. The summed E-state index contributed by atoms with van der Waals surface area (Å²) in [5.41, 5.74) is 1.17. The smallest absolute Gasteiger partial charge is 0.310 e. The van der Waals surface area contributed by atoms with E-state index in [2.05, 4.69) is 4.98 Å². The molecular weight excluding hydrogens is 314 g/mol. The van der Waals surface area contributed by atoms with E-state index in [1.807, 2.05) is 18.2 Å². The fourth-order valence-electron chi connectivity index (χ4n) is 2.51. The zero-order chi connectivity index (χ0) is 16.4. The number of esters is 1. The molecule has 0 amide bonds. The van der Waals surface area contributed by atoms with E-state index in [9.17, 15) is 9.59 Å². The summed E-state index contributed by atoms with van der Waals surface area (Å²) in [6.07, 6.45) is 1.65. The molecule has 0 unspecified atom stereocenters. The Labute approximate surface area is 137 Å². The zero-order valence-electron chi connectivity index (χ0n) is 12.5. The van der Waals surface area contributed by atoms with E-state index < -0.39 is 0 Å². The quantitative estimate of drug-likeness (QED) is 0.691. The summed E-state index contributed by atoms with van der Waals surface area (Å²) in [5.74, 6) is -0.311. The highest BCUT2D eigenvalue weighted by molar-refractivity contribution is 6.31. The molecule has 0 aliphatic carbocycles. The van der Waals surface area contributed by atoms with Gasteiger partial charge in [-0.05, 0) is 36.1 Å². The van der Waals surface area contributed by atoms with Gasteiger partial charge in [0.15, 0.2) is 5.43 Å². The van der Waals surface area contributed by atoms with Crippen LogP contribution in [0, 0.1) is 0 Å². The molecule has 3 aromatic rings. The van der Waals surface area contributed by atoms with Crippen molar-refractivity contribution in [3.8, 4) is 0 Å². The van der Waals surface area contributed by atoms with Gasteiger partial charge < -0.3 is 4.74 Å². The molecule has 0 bridgehead atoms. The maximum Gasteiger partial charge on any atom is 0.310 e. The van der Waals surface area contributed by atoms with E-state index in [0.717, 1.165) is 10.9 Å². The molecule has 0 fully saturated rings. The fourth-order valence-corrected chi connectivity index (χ4v) is 2.67. The Hall–Kier alpha value is -2.46. The number of pyridine rings is 1. The maximum atomic E-state index is 12.8. The van der Waals surface area contributed by atoms with Crippen LogP contribution in [0.5, 0.6) is 0 Å². The summed E-state index contributed by atoms with van der Waals surface area (Å²) >= 11 is 5.96. The van der Waals surface area contributed by atoms with Crippen LogP contribution in [0.1, 0.15) is 12.5 Å². The molecular formula is C18H14ClNO3.